The number of rotatable bonds is 4. The third-order valence-corrected chi connectivity index (χ3v) is 7.31. The quantitative estimate of drug-likeness (QED) is 0.545. The fourth-order valence-electron chi connectivity index (χ4n) is 4.63. The number of piperidine rings is 1. The number of carbonyl (C=O) groups is 1. The summed E-state index contributed by atoms with van der Waals surface area (Å²) < 4.78 is 2.05. The summed E-state index contributed by atoms with van der Waals surface area (Å²) in [5.41, 5.74) is 4.10. The van der Waals surface area contributed by atoms with Crippen LogP contribution in [0.25, 0.3) is 16.7 Å². The van der Waals surface area contributed by atoms with Crippen LogP contribution in [0.2, 0.25) is 0 Å². The predicted octanol–water partition coefficient (Wildman–Crippen LogP) is 5.19. The van der Waals surface area contributed by atoms with Crippen LogP contribution in [-0.4, -0.2) is 37.5 Å². The van der Waals surface area contributed by atoms with Crippen molar-refractivity contribution < 1.29 is 4.79 Å². The molecule has 0 spiro atoms. The molecule has 6 heteroatoms. The summed E-state index contributed by atoms with van der Waals surface area (Å²) in [6.07, 6.45) is 4.07. The molecule has 1 aliphatic heterocycles. The predicted molar refractivity (Wildman–Crippen MR) is 122 cm³/mol. The molecule has 0 bridgehead atoms. The SMILES string of the molecule is CCc1cc(S[C@@H](C)C(=O)N2[C@@H](C)CCC[C@@H]2C)n2c(nc3ccccc32)c1C#N. The van der Waals surface area contributed by atoms with Crippen LogP contribution in [-0.2, 0) is 11.2 Å². The number of fused-ring (bicyclic) bond motifs is 3. The number of pyridine rings is 1. The molecule has 5 nitrogen and oxygen atoms in total. The van der Waals surface area contributed by atoms with Gasteiger partial charge >= 0.3 is 0 Å². The van der Waals surface area contributed by atoms with Gasteiger partial charge in [0.1, 0.15) is 6.07 Å². The summed E-state index contributed by atoms with van der Waals surface area (Å²) in [5, 5.41) is 10.5. The topological polar surface area (TPSA) is 61.4 Å². The Kier molecular flexibility index (Phi) is 5.75. The van der Waals surface area contributed by atoms with Crippen molar-refractivity contribution in [1.82, 2.24) is 14.3 Å². The van der Waals surface area contributed by atoms with Crippen molar-refractivity contribution in [2.75, 3.05) is 0 Å². The fraction of sp³-hybridized carbons (Fsp3) is 0.458. The van der Waals surface area contributed by atoms with Gasteiger partial charge in [-0.05, 0) is 70.2 Å². The van der Waals surface area contributed by atoms with E-state index in [0.717, 1.165) is 40.9 Å². The van der Waals surface area contributed by atoms with Gasteiger partial charge in [0.15, 0.2) is 5.65 Å². The number of hydrogen-bond donors (Lipinski definition) is 0. The molecule has 30 heavy (non-hydrogen) atoms. The van der Waals surface area contributed by atoms with Gasteiger partial charge in [0.2, 0.25) is 5.91 Å². The normalized spacial score (nSPS) is 20.4. The van der Waals surface area contributed by atoms with Crippen LogP contribution in [0.3, 0.4) is 0 Å². The first kappa shape index (κ1) is 20.7. The molecule has 3 aromatic rings. The van der Waals surface area contributed by atoms with E-state index in [0.29, 0.717) is 11.2 Å². The third kappa shape index (κ3) is 3.45. The van der Waals surface area contributed by atoms with E-state index in [1.165, 1.54) is 6.42 Å². The average molecular weight is 421 g/mol. The van der Waals surface area contributed by atoms with Crippen molar-refractivity contribution >= 4 is 34.3 Å². The highest BCUT2D eigenvalue weighted by Gasteiger charge is 2.32. The number of benzene rings is 1. The van der Waals surface area contributed by atoms with Crippen molar-refractivity contribution in [2.45, 2.75) is 75.7 Å². The molecule has 3 heterocycles. The number of para-hydroxylation sites is 2. The lowest BCUT2D eigenvalue weighted by Crippen LogP contribution is -2.50. The van der Waals surface area contributed by atoms with E-state index < -0.39 is 0 Å². The van der Waals surface area contributed by atoms with Crippen molar-refractivity contribution in [2.24, 2.45) is 0 Å². The first-order valence-corrected chi connectivity index (χ1v) is 11.7. The zero-order valence-corrected chi connectivity index (χ0v) is 18.9. The highest BCUT2D eigenvalue weighted by Crippen LogP contribution is 2.34. The molecule has 0 unspecified atom stereocenters. The monoisotopic (exact) mass is 420 g/mol. The van der Waals surface area contributed by atoms with Gasteiger partial charge in [0.25, 0.3) is 0 Å². The van der Waals surface area contributed by atoms with Gasteiger partial charge in [-0.1, -0.05) is 30.8 Å². The van der Waals surface area contributed by atoms with E-state index in [4.69, 9.17) is 4.98 Å². The summed E-state index contributed by atoms with van der Waals surface area (Å²) in [5.74, 6) is 0.194. The maximum absolute atomic E-state index is 13.4. The minimum atomic E-state index is -0.213. The first-order valence-electron chi connectivity index (χ1n) is 10.8. The molecule has 0 aliphatic carbocycles. The molecule has 1 fully saturated rings. The molecule has 3 atom stereocenters. The van der Waals surface area contributed by atoms with Crippen molar-refractivity contribution in [3.05, 3.63) is 41.5 Å². The summed E-state index contributed by atoms with van der Waals surface area (Å²) >= 11 is 1.57. The fourth-order valence-corrected chi connectivity index (χ4v) is 5.72. The summed E-state index contributed by atoms with van der Waals surface area (Å²) in [4.78, 5) is 20.2. The molecule has 1 aliphatic rings. The Bertz CT molecular complexity index is 1140. The number of nitriles is 1. The second-order valence-corrected chi connectivity index (χ2v) is 9.60. The number of amides is 1. The first-order chi connectivity index (χ1) is 14.5. The molecule has 4 rings (SSSR count). The molecule has 156 valence electrons. The summed E-state index contributed by atoms with van der Waals surface area (Å²) in [7, 11) is 0. The van der Waals surface area contributed by atoms with Gasteiger partial charge in [-0.15, -0.1) is 0 Å². The van der Waals surface area contributed by atoms with E-state index in [1.54, 1.807) is 11.8 Å². The van der Waals surface area contributed by atoms with Crippen LogP contribution in [0.4, 0.5) is 0 Å². The van der Waals surface area contributed by atoms with Gasteiger partial charge < -0.3 is 4.90 Å². The minimum Gasteiger partial charge on any atom is -0.336 e. The maximum atomic E-state index is 13.4. The number of thioether (sulfide) groups is 1. The Morgan fingerprint density at radius 2 is 2.00 bits per heavy atom. The van der Waals surface area contributed by atoms with Crippen LogP contribution < -0.4 is 0 Å². The van der Waals surface area contributed by atoms with Crippen molar-refractivity contribution in [3.63, 3.8) is 0 Å². The molecule has 0 N–H and O–H groups in total. The van der Waals surface area contributed by atoms with Gasteiger partial charge in [0, 0.05) is 12.1 Å². The maximum Gasteiger partial charge on any atom is 0.236 e. The number of likely N-dealkylation sites (tertiary alicyclic amines) is 1. The second kappa shape index (κ2) is 8.31. The molecule has 1 amide bonds. The molecular weight excluding hydrogens is 392 g/mol. The lowest BCUT2D eigenvalue weighted by molar-refractivity contribution is -0.136. The molecular formula is C24H28N4OS. The summed E-state index contributed by atoms with van der Waals surface area (Å²) in [6, 6.07) is 12.9. The smallest absolute Gasteiger partial charge is 0.236 e. The Morgan fingerprint density at radius 3 is 2.67 bits per heavy atom. The molecule has 1 aromatic carbocycles. The Labute approximate surface area is 182 Å². The summed E-state index contributed by atoms with van der Waals surface area (Å²) in [6.45, 7) is 8.36. The van der Waals surface area contributed by atoms with E-state index in [1.807, 2.05) is 35.6 Å². The van der Waals surface area contributed by atoms with Crippen LogP contribution in [0.5, 0.6) is 0 Å². The zero-order valence-electron chi connectivity index (χ0n) is 18.1. The van der Waals surface area contributed by atoms with Crippen LogP contribution in [0.1, 0.15) is 58.1 Å². The molecule has 0 radical (unpaired) electrons. The minimum absolute atomic E-state index is 0.194. The van der Waals surface area contributed by atoms with Crippen LogP contribution >= 0.6 is 11.8 Å². The van der Waals surface area contributed by atoms with E-state index in [2.05, 4.69) is 37.8 Å². The number of aryl methyl sites for hydroxylation is 1. The lowest BCUT2D eigenvalue weighted by Gasteiger charge is -2.40. The number of hydrogen-bond acceptors (Lipinski definition) is 4. The highest BCUT2D eigenvalue weighted by atomic mass is 32.2. The lowest BCUT2D eigenvalue weighted by atomic mass is 9.97. The van der Waals surface area contributed by atoms with E-state index in [-0.39, 0.29) is 23.2 Å². The Hall–Kier alpha value is -2.52. The average Bonchev–Trinajstić information content (AvgIpc) is 3.12. The van der Waals surface area contributed by atoms with Gasteiger partial charge in [-0.25, -0.2) is 4.98 Å². The largest absolute Gasteiger partial charge is 0.336 e. The number of aromatic nitrogens is 2. The third-order valence-electron chi connectivity index (χ3n) is 6.21. The number of imidazole rings is 1. The van der Waals surface area contributed by atoms with Gasteiger partial charge in [-0.2, -0.15) is 5.26 Å². The van der Waals surface area contributed by atoms with Gasteiger partial charge in [-0.3, -0.25) is 9.20 Å². The second-order valence-electron chi connectivity index (χ2n) is 8.24. The van der Waals surface area contributed by atoms with Crippen LogP contribution in [0.15, 0.2) is 35.4 Å². The molecule has 1 saturated heterocycles. The van der Waals surface area contributed by atoms with Crippen molar-refractivity contribution in [1.29, 1.82) is 5.26 Å². The van der Waals surface area contributed by atoms with Gasteiger partial charge in [0.05, 0.1) is 26.9 Å². The Morgan fingerprint density at radius 1 is 1.30 bits per heavy atom. The number of nitrogens with zero attached hydrogens (tertiary/aromatic N) is 4. The van der Waals surface area contributed by atoms with E-state index in [9.17, 15) is 10.1 Å². The standard InChI is InChI=1S/C24H28N4OS/c1-5-18-13-22(30-17(4)24(29)27-15(2)9-8-10-16(27)3)28-21-12-7-6-11-20(21)26-23(28)19(18)14-25/h6-7,11-13,15-17H,5,8-10H2,1-4H3/t15-,16-,17-/m0/s1. The van der Waals surface area contributed by atoms with Crippen molar-refractivity contribution in [3.8, 4) is 6.07 Å². The Balaban J connectivity index is 1.78. The molecule has 0 saturated carbocycles. The molecule has 2 aromatic heterocycles. The van der Waals surface area contributed by atoms with E-state index >= 15 is 0 Å². The highest BCUT2D eigenvalue weighted by molar-refractivity contribution is 8.00. The zero-order chi connectivity index (χ0) is 21.4. The number of carbonyl (C=O) groups excluding carboxylic acids is 1. The van der Waals surface area contributed by atoms with Crippen LogP contribution in [0, 0.1) is 11.3 Å².